The first-order chi connectivity index (χ1) is 12.5. The van der Waals surface area contributed by atoms with Gasteiger partial charge in [-0.05, 0) is 23.8 Å². The van der Waals surface area contributed by atoms with Crippen LogP contribution in [0.5, 0.6) is 5.75 Å². The minimum atomic E-state index is -4.28. The standard InChI is InChI=1S/C20H23F3N2O/c21-20(22,23)18-6-4-5-17(15-18)16-25-11-9-24(10-12-25)13-14-26-19-7-2-1-3-8-19/h1-8,15H,9-14,16H2. The predicted molar refractivity (Wildman–Crippen MR) is 95.1 cm³/mol. The van der Waals surface area contributed by atoms with Crippen molar-refractivity contribution in [2.45, 2.75) is 12.7 Å². The zero-order chi connectivity index (χ0) is 18.4. The highest BCUT2D eigenvalue weighted by molar-refractivity contribution is 5.25. The third-order valence-corrected chi connectivity index (χ3v) is 4.54. The van der Waals surface area contributed by atoms with Crippen molar-refractivity contribution < 1.29 is 17.9 Å². The van der Waals surface area contributed by atoms with Crippen molar-refractivity contribution >= 4 is 0 Å². The Bertz CT molecular complexity index is 683. The summed E-state index contributed by atoms with van der Waals surface area (Å²) in [6, 6.07) is 15.3. The first-order valence-corrected chi connectivity index (χ1v) is 8.79. The molecule has 6 heteroatoms. The number of para-hydroxylation sites is 1. The number of alkyl halides is 3. The fourth-order valence-electron chi connectivity index (χ4n) is 3.08. The van der Waals surface area contributed by atoms with Gasteiger partial charge in [0.2, 0.25) is 0 Å². The van der Waals surface area contributed by atoms with Crippen LogP contribution >= 0.6 is 0 Å². The van der Waals surface area contributed by atoms with Gasteiger partial charge in [-0.15, -0.1) is 0 Å². The van der Waals surface area contributed by atoms with E-state index in [4.69, 9.17) is 4.74 Å². The van der Waals surface area contributed by atoms with Crippen molar-refractivity contribution in [2.75, 3.05) is 39.3 Å². The van der Waals surface area contributed by atoms with Crippen molar-refractivity contribution in [3.05, 3.63) is 65.7 Å². The molecule has 1 aliphatic heterocycles. The molecule has 1 heterocycles. The third kappa shape index (κ3) is 5.47. The van der Waals surface area contributed by atoms with Crippen LogP contribution in [-0.4, -0.2) is 49.1 Å². The molecule has 0 radical (unpaired) electrons. The maximum atomic E-state index is 12.8. The Morgan fingerprint density at radius 1 is 0.846 bits per heavy atom. The first-order valence-electron chi connectivity index (χ1n) is 8.79. The molecule has 2 aromatic carbocycles. The maximum Gasteiger partial charge on any atom is 0.416 e. The van der Waals surface area contributed by atoms with E-state index in [2.05, 4.69) is 9.80 Å². The molecule has 0 N–H and O–H groups in total. The number of hydrogen-bond acceptors (Lipinski definition) is 3. The highest BCUT2D eigenvalue weighted by Crippen LogP contribution is 2.29. The molecule has 26 heavy (non-hydrogen) atoms. The zero-order valence-electron chi connectivity index (χ0n) is 14.6. The van der Waals surface area contributed by atoms with Crippen LogP contribution in [0.1, 0.15) is 11.1 Å². The Labute approximate surface area is 152 Å². The van der Waals surface area contributed by atoms with Crippen LogP contribution in [0, 0.1) is 0 Å². The number of nitrogens with zero attached hydrogens (tertiary/aromatic N) is 2. The van der Waals surface area contributed by atoms with Crippen LogP contribution in [0.25, 0.3) is 0 Å². The Balaban J connectivity index is 1.41. The second-order valence-corrected chi connectivity index (χ2v) is 6.48. The van der Waals surface area contributed by atoms with Crippen LogP contribution in [0.3, 0.4) is 0 Å². The molecule has 140 valence electrons. The Hall–Kier alpha value is -2.05. The molecule has 1 fully saturated rings. The molecule has 3 rings (SSSR count). The number of ether oxygens (including phenoxy) is 1. The molecule has 0 atom stereocenters. The lowest BCUT2D eigenvalue weighted by molar-refractivity contribution is -0.137. The largest absolute Gasteiger partial charge is 0.492 e. The summed E-state index contributed by atoms with van der Waals surface area (Å²) >= 11 is 0. The van der Waals surface area contributed by atoms with Crippen LogP contribution in [0.4, 0.5) is 13.2 Å². The van der Waals surface area contributed by atoms with Crippen molar-refractivity contribution in [2.24, 2.45) is 0 Å². The summed E-state index contributed by atoms with van der Waals surface area (Å²) in [6.07, 6.45) is -4.28. The lowest BCUT2D eigenvalue weighted by atomic mass is 10.1. The van der Waals surface area contributed by atoms with Gasteiger partial charge in [0.15, 0.2) is 0 Å². The molecule has 0 bridgehead atoms. The summed E-state index contributed by atoms with van der Waals surface area (Å²) in [6.45, 7) is 5.54. The van der Waals surface area contributed by atoms with E-state index in [1.54, 1.807) is 6.07 Å². The van der Waals surface area contributed by atoms with E-state index < -0.39 is 11.7 Å². The third-order valence-electron chi connectivity index (χ3n) is 4.54. The summed E-state index contributed by atoms with van der Waals surface area (Å²) in [5.41, 5.74) is 0.132. The van der Waals surface area contributed by atoms with Crippen LogP contribution in [-0.2, 0) is 12.7 Å². The van der Waals surface area contributed by atoms with Gasteiger partial charge in [-0.1, -0.05) is 36.4 Å². The minimum absolute atomic E-state index is 0.554. The van der Waals surface area contributed by atoms with Crippen LogP contribution < -0.4 is 4.74 Å². The van der Waals surface area contributed by atoms with Crippen molar-refractivity contribution in [1.29, 1.82) is 0 Å². The number of hydrogen-bond donors (Lipinski definition) is 0. The molecule has 3 nitrogen and oxygen atoms in total. The molecular formula is C20H23F3N2O. The Kier molecular flexibility index (Phi) is 6.16. The van der Waals surface area contributed by atoms with Crippen LogP contribution in [0.2, 0.25) is 0 Å². The quantitative estimate of drug-likeness (QED) is 0.773. The number of benzene rings is 2. The van der Waals surface area contributed by atoms with E-state index in [1.807, 2.05) is 30.3 Å². The topological polar surface area (TPSA) is 15.7 Å². The van der Waals surface area contributed by atoms with E-state index in [-0.39, 0.29) is 0 Å². The second kappa shape index (κ2) is 8.56. The van der Waals surface area contributed by atoms with Crippen molar-refractivity contribution in [3.8, 4) is 5.75 Å². The molecular weight excluding hydrogens is 341 g/mol. The molecule has 1 aliphatic rings. The van der Waals surface area contributed by atoms with Gasteiger partial charge in [0.25, 0.3) is 0 Å². The van der Waals surface area contributed by atoms with Gasteiger partial charge in [0.05, 0.1) is 5.56 Å². The normalized spacial score (nSPS) is 16.6. The Morgan fingerprint density at radius 2 is 1.54 bits per heavy atom. The Morgan fingerprint density at radius 3 is 2.23 bits per heavy atom. The fourth-order valence-corrected chi connectivity index (χ4v) is 3.08. The number of rotatable bonds is 6. The molecule has 1 saturated heterocycles. The van der Waals surface area contributed by atoms with Crippen molar-refractivity contribution in [3.63, 3.8) is 0 Å². The summed E-state index contributed by atoms with van der Waals surface area (Å²) in [7, 11) is 0. The highest BCUT2D eigenvalue weighted by atomic mass is 19.4. The lowest BCUT2D eigenvalue weighted by Crippen LogP contribution is -2.47. The molecule has 0 amide bonds. The van der Waals surface area contributed by atoms with Crippen LogP contribution in [0.15, 0.2) is 54.6 Å². The van der Waals surface area contributed by atoms with Gasteiger partial charge in [0.1, 0.15) is 12.4 Å². The van der Waals surface area contributed by atoms with E-state index in [9.17, 15) is 13.2 Å². The second-order valence-electron chi connectivity index (χ2n) is 6.48. The van der Waals surface area contributed by atoms with Crippen molar-refractivity contribution in [1.82, 2.24) is 9.80 Å². The molecule has 0 aliphatic carbocycles. The predicted octanol–water partition coefficient (Wildman–Crippen LogP) is 3.90. The van der Waals surface area contributed by atoms with Gasteiger partial charge >= 0.3 is 6.18 Å². The number of halogens is 3. The lowest BCUT2D eigenvalue weighted by Gasteiger charge is -2.34. The average molecular weight is 364 g/mol. The van der Waals surface area contributed by atoms with E-state index in [0.29, 0.717) is 18.7 Å². The summed E-state index contributed by atoms with van der Waals surface area (Å²) < 4.78 is 44.1. The summed E-state index contributed by atoms with van der Waals surface area (Å²) in [5.74, 6) is 0.871. The minimum Gasteiger partial charge on any atom is -0.492 e. The summed E-state index contributed by atoms with van der Waals surface area (Å²) in [5, 5.41) is 0. The maximum absolute atomic E-state index is 12.8. The summed E-state index contributed by atoms with van der Waals surface area (Å²) in [4.78, 5) is 4.52. The fraction of sp³-hybridized carbons (Fsp3) is 0.400. The molecule has 0 aromatic heterocycles. The SMILES string of the molecule is FC(F)(F)c1cccc(CN2CCN(CCOc3ccccc3)CC2)c1. The number of piperazine rings is 1. The van der Waals surface area contributed by atoms with Gasteiger partial charge in [-0.3, -0.25) is 9.80 Å². The molecule has 0 spiro atoms. The van der Waals surface area contributed by atoms with E-state index in [0.717, 1.165) is 44.5 Å². The van der Waals surface area contributed by atoms with Gasteiger partial charge in [-0.2, -0.15) is 13.2 Å². The van der Waals surface area contributed by atoms with E-state index in [1.165, 1.54) is 12.1 Å². The van der Waals surface area contributed by atoms with Gasteiger partial charge < -0.3 is 4.74 Å². The average Bonchev–Trinajstić information content (AvgIpc) is 2.64. The molecule has 2 aromatic rings. The molecule has 0 saturated carbocycles. The first kappa shape index (κ1) is 18.7. The smallest absolute Gasteiger partial charge is 0.416 e. The zero-order valence-corrected chi connectivity index (χ0v) is 14.6. The highest BCUT2D eigenvalue weighted by Gasteiger charge is 2.30. The van der Waals surface area contributed by atoms with Gasteiger partial charge in [0, 0.05) is 39.3 Å². The van der Waals surface area contributed by atoms with Gasteiger partial charge in [-0.25, -0.2) is 0 Å². The monoisotopic (exact) mass is 364 g/mol. The van der Waals surface area contributed by atoms with E-state index >= 15 is 0 Å². The molecule has 0 unspecified atom stereocenters.